The minimum Gasteiger partial charge on any atom is -0.463 e. The lowest BCUT2D eigenvalue weighted by Crippen LogP contribution is -2.65. The van der Waals surface area contributed by atoms with Gasteiger partial charge in [-0.05, 0) is 177 Å². The van der Waals surface area contributed by atoms with Crippen LogP contribution in [0.2, 0.25) is 0 Å². The summed E-state index contributed by atoms with van der Waals surface area (Å²) in [5, 5.41) is 182. The predicted molar refractivity (Wildman–Crippen MR) is 518 cm³/mol. The normalized spacial score (nSPS) is 30.9. The molecule has 7 saturated heterocycles. The Bertz CT molecular complexity index is 5320. The molecule has 30 atom stereocenters. The molecular formula is C98H132BN9O39. The quantitative estimate of drug-likeness (QED) is 0.00933. The van der Waals surface area contributed by atoms with Gasteiger partial charge in [0, 0.05) is 83.4 Å². The van der Waals surface area contributed by atoms with Gasteiger partial charge in [0.1, 0.15) is 163 Å². The molecule has 49 heteroatoms. The standard InChI is InChI=1S/C34H45N3O11.C30H39N3O12.C20H30BNO8.C14H18N2O8/c1-17-18(2)29(36-20(4)39)33(48-28(17)16-44-22(6)41)45-26-13-9-24(10-14-26)35-19(3)23-7-11-25(12-8-23)46-34-30(37-21(5)40)32(43)31(42)27(15-38)47-34;1-14(17-4-8-19(9-5-17)42-29-23(32-15(2)36)27(40)25(38)21(12-34)44-29)31-18-6-10-20(11-7-18)43-30-24(33-16(3)37)28(41)26(39)22(13-35)45-30;1-11(24)22-15-17(26)16(25)14(10-23)28-18(15)27-13-8-6-12(7-9-13)21-29-19(2,3)20(4,5)30-21;1-7(18)15-11-13(20)12(19)10(6-17)24-14(11)23-9-4-2-8(3-5-9)16(21)22/h7-14,17-18,27-35,38,42-43H,3,15-16H2,1-2,4-6H3,(H,36,39)(H,37,40);4-11,21-31,34-35,38-41H,1,12-13H2,2-3H3,(H,32,36)(H,33,37);6-9,14-18,23,25-26H,10H2,1-5H3,(H,22,24);2-5,10-14,17,19-20H,6H2,1H3,(H,15,18)/t17-,18-,27?,28?,29?,30?,31+,32+,33+,34+;21?,22?,23?,24?,25-,26-,27-,28-,29-,30-;14?,15-,16?,17?,18?;10?,11-,12?,13?,14?/m0100/s1. The Morgan fingerprint density at radius 3 is 0.803 bits per heavy atom. The van der Waals surface area contributed by atoms with E-state index in [9.17, 15) is 120 Å². The highest BCUT2D eigenvalue weighted by Crippen LogP contribution is 2.40. The molecule has 147 heavy (non-hydrogen) atoms. The summed E-state index contributed by atoms with van der Waals surface area (Å²) in [7, 11) is -0.516. The molecule has 6 amide bonds. The number of esters is 1. The lowest BCUT2D eigenvalue weighted by atomic mass is 9.79. The third kappa shape index (κ3) is 31.1. The Hall–Kier alpha value is -12.0. The first-order chi connectivity index (χ1) is 69.4. The molecule has 23 N–H and O–H groups in total. The number of aliphatic hydroxyl groups excluding tert-OH is 15. The minimum atomic E-state index is -1.43. The van der Waals surface area contributed by atoms with Crippen molar-refractivity contribution in [3.8, 4) is 34.5 Å². The zero-order valence-corrected chi connectivity index (χ0v) is 82.9. The molecule has 6 aromatic carbocycles. The third-order valence-corrected chi connectivity index (χ3v) is 25.3. The number of nitro groups is 1. The Balaban J connectivity index is 0.000000207. The van der Waals surface area contributed by atoms with Gasteiger partial charge >= 0.3 is 13.1 Å². The highest BCUT2D eigenvalue weighted by Gasteiger charge is 2.55. The molecule has 0 aromatic heterocycles. The smallest absolute Gasteiger partial charge is 0.463 e. The fourth-order valence-corrected chi connectivity index (χ4v) is 16.4. The summed E-state index contributed by atoms with van der Waals surface area (Å²) in [5.41, 5.74) is 3.70. The number of hydrogen-bond acceptors (Lipinski definition) is 41. The maximum atomic E-state index is 12.0. The van der Waals surface area contributed by atoms with Gasteiger partial charge in [0.05, 0.1) is 61.3 Å². The summed E-state index contributed by atoms with van der Waals surface area (Å²) in [4.78, 5) is 91.2. The monoisotopic (exact) mass is 2070 g/mol. The van der Waals surface area contributed by atoms with Crippen LogP contribution in [0.5, 0.6) is 34.5 Å². The lowest BCUT2D eigenvalue weighted by Gasteiger charge is -2.44. The van der Waals surface area contributed by atoms with Crippen molar-refractivity contribution in [3.05, 3.63) is 180 Å². The van der Waals surface area contributed by atoms with E-state index in [1.807, 2.05) is 41.5 Å². The number of nitrogens with one attached hydrogen (secondary N) is 8. The third-order valence-electron chi connectivity index (χ3n) is 25.3. The van der Waals surface area contributed by atoms with Crippen LogP contribution in [0, 0.1) is 22.0 Å². The molecule has 7 fully saturated rings. The summed E-state index contributed by atoms with van der Waals surface area (Å²) in [6.45, 7) is 26.4. The summed E-state index contributed by atoms with van der Waals surface area (Å²) in [5.74, 6) is -0.795. The van der Waals surface area contributed by atoms with Gasteiger partial charge < -0.3 is 190 Å². The first kappa shape index (κ1) is 117. The number of rotatable bonds is 33. The summed E-state index contributed by atoms with van der Waals surface area (Å²) >= 11 is 0. The van der Waals surface area contributed by atoms with E-state index in [0.717, 1.165) is 16.7 Å². The van der Waals surface area contributed by atoms with Gasteiger partial charge in [-0.1, -0.05) is 39.1 Å². The van der Waals surface area contributed by atoms with Gasteiger partial charge in [-0.2, -0.15) is 0 Å². The van der Waals surface area contributed by atoms with Crippen molar-refractivity contribution in [1.82, 2.24) is 31.9 Å². The predicted octanol–water partition coefficient (Wildman–Crippen LogP) is -1.82. The fraction of sp³-hybridized carbons (Fsp3) is 0.520. The number of anilines is 2. The van der Waals surface area contributed by atoms with Crippen molar-refractivity contribution in [2.75, 3.05) is 50.3 Å². The molecule has 7 heterocycles. The SMILES string of the molecule is C=C(Nc1ccc(O[C@@H]2OC(CO)[C@@H](O)[C@H](O)C2NC(C)=O)cc1)c1ccc(O[C@@H]2OC(CO)[C@@H](O)[C@H](O)C2NC(C)=O)cc1.C=C(Nc1ccc(O[C@@H]2OC(COC(C)=O)[C@@H](C)[C@H](C)C2NC(C)=O)cc1)c1ccc(O[C@@H]2OC(CO)[C@@H](O)[C@H](O)C2NC(C)=O)cc1.CC(=O)N[C@@H]1C(Oc2ccc(B3OC(C)(C)C(C)(C)O3)cc2)OC(CO)C(O)C1O.CC(=O)N[C@@H]1C(Oc2ccc([N+](=O)[O-])cc2)OC(CO)C(O)C1O. The van der Waals surface area contributed by atoms with Gasteiger partial charge in [-0.25, -0.2) is 0 Å². The van der Waals surface area contributed by atoms with Gasteiger partial charge in [0.25, 0.3) is 5.69 Å². The second-order valence-corrected chi connectivity index (χ2v) is 36.9. The highest BCUT2D eigenvalue weighted by molar-refractivity contribution is 6.62. The number of carbonyl (C=O) groups is 7. The van der Waals surface area contributed by atoms with Gasteiger partial charge in [0.2, 0.25) is 73.2 Å². The molecule has 48 nitrogen and oxygen atoms in total. The molecule has 0 aliphatic carbocycles. The van der Waals surface area contributed by atoms with Crippen LogP contribution < -0.4 is 76.4 Å². The molecule has 13 rings (SSSR count). The second kappa shape index (κ2) is 52.8. The average molecular weight is 2070 g/mol. The first-order valence-corrected chi connectivity index (χ1v) is 47.0. The van der Waals surface area contributed by atoms with Crippen LogP contribution in [0.1, 0.15) is 101 Å². The van der Waals surface area contributed by atoms with Crippen molar-refractivity contribution in [2.24, 2.45) is 11.8 Å². The van der Waals surface area contributed by atoms with Crippen LogP contribution in [-0.2, 0) is 76.0 Å². The maximum Gasteiger partial charge on any atom is 0.494 e. The molecular weight excluding hydrogens is 1940 g/mol. The molecule has 6 aromatic rings. The topological polar surface area (TPSA) is 701 Å². The summed E-state index contributed by atoms with van der Waals surface area (Å²) < 4.78 is 86.3. The van der Waals surface area contributed by atoms with E-state index in [1.54, 1.807) is 121 Å². The van der Waals surface area contributed by atoms with E-state index in [1.165, 1.54) is 72.7 Å². The minimum absolute atomic E-state index is 0.0129. The number of aliphatic hydroxyl groups is 15. The van der Waals surface area contributed by atoms with Crippen LogP contribution in [0.15, 0.2) is 159 Å². The first-order valence-electron chi connectivity index (χ1n) is 47.0. The molecule has 0 spiro atoms. The number of nitro benzene ring substituents is 1. The molecule has 7 aliphatic heterocycles. The van der Waals surface area contributed by atoms with E-state index >= 15 is 0 Å². The molecule has 0 bridgehead atoms. The Labute approximate surface area is 846 Å². The fourth-order valence-electron chi connectivity index (χ4n) is 16.4. The van der Waals surface area contributed by atoms with Crippen molar-refractivity contribution >= 4 is 82.4 Å². The van der Waals surface area contributed by atoms with Crippen molar-refractivity contribution in [2.45, 2.75) is 273 Å². The van der Waals surface area contributed by atoms with Gasteiger partial charge in [-0.15, -0.1) is 0 Å². The summed E-state index contributed by atoms with van der Waals surface area (Å²) in [6.07, 6.45) is -26.7. The van der Waals surface area contributed by atoms with E-state index in [-0.39, 0.29) is 35.8 Å². The maximum absolute atomic E-state index is 12.0. The number of nitrogens with zero attached hydrogens (tertiary/aromatic N) is 1. The largest absolute Gasteiger partial charge is 0.494 e. The van der Waals surface area contributed by atoms with Crippen LogP contribution in [0.3, 0.4) is 0 Å². The zero-order valence-electron chi connectivity index (χ0n) is 82.9. The van der Waals surface area contributed by atoms with Crippen LogP contribution in [0.25, 0.3) is 11.4 Å². The van der Waals surface area contributed by atoms with Crippen LogP contribution in [-0.4, -0.2) is 353 Å². The molecule has 16 unspecified atom stereocenters. The number of hydrogen-bond donors (Lipinski definition) is 23. The molecule has 0 saturated carbocycles. The van der Waals surface area contributed by atoms with E-state index in [0.29, 0.717) is 51.4 Å². The average Bonchev–Trinajstić information content (AvgIpc) is 1.62. The Morgan fingerprint density at radius 2 is 0.565 bits per heavy atom. The zero-order chi connectivity index (χ0) is 108. The van der Waals surface area contributed by atoms with Crippen LogP contribution >= 0.6 is 0 Å². The number of amides is 6. The van der Waals surface area contributed by atoms with E-state index in [4.69, 9.17) is 70.9 Å². The van der Waals surface area contributed by atoms with Crippen LogP contribution in [0.4, 0.5) is 17.1 Å². The highest BCUT2D eigenvalue weighted by atomic mass is 16.7. The van der Waals surface area contributed by atoms with Gasteiger partial charge in [-0.3, -0.25) is 43.7 Å². The number of carbonyl (C=O) groups excluding carboxylic acids is 7. The van der Waals surface area contributed by atoms with Crippen molar-refractivity contribution in [1.29, 1.82) is 0 Å². The van der Waals surface area contributed by atoms with Crippen molar-refractivity contribution < 1.29 is 186 Å². The van der Waals surface area contributed by atoms with E-state index in [2.05, 4.69) is 55.7 Å². The Morgan fingerprint density at radius 1 is 0.340 bits per heavy atom. The molecule has 806 valence electrons. The lowest BCUT2D eigenvalue weighted by molar-refractivity contribution is -0.384. The summed E-state index contributed by atoms with van der Waals surface area (Å²) in [6, 6.07) is 33.6. The second-order valence-electron chi connectivity index (χ2n) is 36.9. The molecule has 7 aliphatic rings. The van der Waals surface area contributed by atoms with E-state index < -0.39 is 263 Å². The number of benzene rings is 6. The number of non-ortho nitro benzene ring substituents is 1. The van der Waals surface area contributed by atoms with Crippen molar-refractivity contribution in [3.63, 3.8) is 0 Å². The van der Waals surface area contributed by atoms with Gasteiger partial charge in [0.15, 0.2) is 0 Å². The Kier molecular flexibility index (Phi) is 42.0. The molecule has 0 radical (unpaired) electrons. The number of ether oxygens (including phenoxy) is 13.